The van der Waals surface area contributed by atoms with Gasteiger partial charge in [0.1, 0.15) is 5.60 Å². The van der Waals surface area contributed by atoms with Crippen molar-refractivity contribution in [3.63, 3.8) is 0 Å². The number of fused-ring (bicyclic) bond motifs is 2. The quantitative estimate of drug-likeness (QED) is 0.586. The summed E-state index contributed by atoms with van der Waals surface area (Å²) in [5, 5.41) is 15.9. The van der Waals surface area contributed by atoms with Crippen LogP contribution in [0.5, 0.6) is 0 Å². The van der Waals surface area contributed by atoms with Crippen LogP contribution in [0.15, 0.2) is 60.9 Å². The number of hydrogen-bond donors (Lipinski definition) is 2. The van der Waals surface area contributed by atoms with Gasteiger partial charge in [-0.1, -0.05) is 43.3 Å². The smallest absolute Gasteiger partial charge is 0.198 e. The molecular weight excluding hydrogens is 351 g/mol. The minimum atomic E-state index is -1.59. The molecule has 0 saturated heterocycles. The predicted molar refractivity (Wildman–Crippen MR) is 112 cm³/mol. The topological polar surface area (TPSA) is 45.1 Å². The number of nitrogens with zero attached hydrogens (tertiary/aromatic N) is 1. The molecule has 2 N–H and O–H groups in total. The lowest BCUT2D eigenvalue weighted by Crippen LogP contribution is -2.47. The van der Waals surface area contributed by atoms with Crippen molar-refractivity contribution in [3.05, 3.63) is 72.1 Å². The van der Waals surface area contributed by atoms with E-state index in [9.17, 15) is 5.11 Å². The summed E-state index contributed by atoms with van der Waals surface area (Å²) < 4.78 is 15.3. The van der Waals surface area contributed by atoms with Crippen LogP contribution in [-0.2, 0) is 11.8 Å². The van der Waals surface area contributed by atoms with E-state index in [2.05, 4.69) is 35.4 Å². The summed E-state index contributed by atoms with van der Waals surface area (Å²) in [4.78, 5) is 4.12. The minimum Gasteiger partial charge on any atom is -0.385 e. The molecule has 0 amide bonds. The summed E-state index contributed by atoms with van der Waals surface area (Å²) in [5.74, 6) is 0. The van der Waals surface area contributed by atoms with E-state index >= 15 is 4.39 Å². The highest BCUT2D eigenvalue weighted by Crippen LogP contribution is 2.43. The number of nitrogens with one attached hydrogen (secondary N) is 1. The molecule has 1 aliphatic carbocycles. The molecule has 3 nitrogen and oxygen atoms in total. The molecule has 0 saturated carbocycles. The average molecular weight is 378 g/mol. The number of aliphatic hydroxyl groups is 1. The Bertz CT molecular complexity index is 982. The summed E-state index contributed by atoms with van der Waals surface area (Å²) in [5.41, 5.74) is 1.48. The molecule has 0 fully saturated rings. The number of benzene rings is 2. The molecule has 2 aromatic carbocycles. The predicted octanol–water partition coefficient (Wildman–Crippen LogP) is 5.38. The van der Waals surface area contributed by atoms with Crippen LogP contribution < -0.4 is 5.32 Å². The van der Waals surface area contributed by atoms with Gasteiger partial charge in [-0.3, -0.25) is 4.98 Å². The lowest BCUT2D eigenvalue weighted by molar-refractivity contribution is -0.0327. The zero-order valence-corrected chi connectivity index (χ0v) is 16.5. The Morgan fingerprint density at radius 3 is 2.89 bits per heavy atom. The van der Waals surface area contributed by atoms with Crippen molar-refractivity contribution in [2.45, 2.75) is 56.8 Å². The van der Waals surface area contributed by atoms with Crippen molar-refractivity contribution in [1.29, 1.82) is 0 Å². The van der Waals surface area contributed by atoms with Crippen LogP contribution in [0.1, 0.15) is 44.2 Å². The van der Waals surface area contributed by atoms with Crippen molar-refractivity contribution in [2.75, 3.05) is 5.32 Å². The maximum absolute atomic E-state index is 15.3. The van der Waals surface area contributed by atoms with Crippen LogP contribution >= 0.6 is 0 Å². The molecule has 1 aliphatic rings. The first-order valence-corrected chi connectivity index (χ1v) is 9.93. The molecule has 3 unspecified atom stereocenters. The fraction of sp³-hybridized carbons (Fsp3) is 0.375. The zero-order chi connectivity index (χ0) is 19.8. The van der Waals surface area contributed by atoms with Crippen molar-refractivity contribution < 1.29 is 9.50 Å². The SMILES string of the molecule is CC1(CC(C)(O)C(F)Nc2cccc3cnccc23)CCCc2ccccc21. The maximum Gasteiger partial charge on any atom is 0.198 e. The normalized spacial score (nSPS) is 22.3. The summed E-state index contributed by atoms with van der Waals surface area (Å²) in [6.07, 6.45) is 5.28. The fourth-order valence-electron chi connectivity index (χ4n) is 4.73. The summed E-state index contributed by atoms with van der Waals surface area (Å²) in [6, 6.07) is 15.9. The summed E-state index contributed by atoms with van der Waals surface area (Å²) in [6.45, 7) is 3.75. The van der Waals surface area contributed by atoms with E-state index in [1.165, 1.54) is 11.1 Å². The number of aromatic nitrogens is 1. The molecule has 3 aromatic rings. The highest BCUT2D eigenvalue weighted by Gasteiger charge is 2.42. The lowest BCUT2D eigenvalue weighted by Gasteiger charge is -2.42. The summed E-state index contributed by atoms with van der Waals surface area (Å²) in [7, 11) is 0. The first-order chi connectivity index (χ1) is 13.4. The van der Waals surface area contributed by atoms with E-state index < -0.39 is 11.9 Å². The fourth-order valence-corrected chi connectivity index (χ4v) is 4.73. The third kappa shape index (κ3) is 3.49. The molecule has 0 radical (unpaired) electrons. The Kier molecular flexibility index (Phi) is 4.84. The van der Waals surface area contributed by atoms with Crippen molar-refractivity contribution in [3.8, 4) is 0 Å². The van der Waals surface area contributed by atoms with Crippen LogP contribution in [0, 0.1) is 0 Å². The monoisotopic (exact) mass is 378 g/mol. The van der Waals surface area contributed by atoms with Gasteiger partial charge in [0.05, 0.1) is 0 Å². The Morgan fingerprint density at radius 2 is 2.04 bits per heavy atom. The van der Waals surface area contributed by atoms with Gasteiger partial charge in [-0.25, -0.2) is 4.39 Å². The number of aryl methyl sites for hydroxylation is 1. The van der Waals surface area contributed by atoms with Crippen LogP contribution in [0.4, 0.5) is 10.1 Å². The molecule has 28 heavy (non-hydrogen) atoms. The van der Waals surface area contributed by atoms with Gasteiger partial charge >= 0.3 is 0 Å². The molecule has 4 heteroatoms. The second kappa shape index (κ2) is 7.17. The van der Waals surface area contributed by atoms with E-state index in [4.69, 9.17) is 0 Å². The van der Waals surface area contributed by atoms with Crippen LogP contribution in [-0.4, -0.2) is 22.0 Å². The largest absolute Gasteiger partial charge is 0.385 e. The van der Waals surface area contributed by atoms with Crippen LogP contribution in [0.3, 0.4) is 0 Å². The first-order valence-electron chi connectivity index (χ1n) is 9.93. The van der Waals surface area contributed by atoms with Crippen LogP contribution in [0.25, 0.3) is 10.8 Å². The van der Waals surface area contributed by atoms with Gasteiger partial charge in [0.15, 0.2) is 6.30 Å². The van der Waals surface area contributed by atoms with Crippen molar-refractivity contribution >= 4 is 16.5 Å². The molecule has 0 spiro atoms. The first kappa shape index (κ1) is 18.9. The average Bonchev–Trinajstić information content (AvgIpc) is 2.68. The van der Waals surface area contributed by atoms with Crippen molar-refractivity contribution in [2.24, 2.45) is 0 Å². The molecule has 3 atom stereocenters. The Labute approximate surface area is 165 Å². The van der Waals surface area contributed by atoms with Gasteiger partial charge in [-0.15, -0.1) is 0 Å². The Balaban J connectivity index is 1.58. The second-order valence-electron chi connectivity index (χ2n) is 8.51. The van der Waals surface area contributed by atoms with E-state index in [0.29, 0.717) is 12.1 Å². The van der Waals surface area contributed by atoms with E-state index in [0.717, 1.165) is 30.0 Å². The highest BCUT2D eigenvalue weighted by molar-refractivity contribution is 5.93. The molecule has 1 heterocycles. The third-order valence-electron chi connectivity index (χ3n) is 6.10. The number of halogens is 1. The van der Waals surface area contributed by atoms with Gasteiger partial charge < -0.3 is 10.4 Å². The van der Waals surface area contributed by atoms with E-state index in [1.807, 2.05) is 30.3 Å². The summed E-state index contributed by atoms with van der Waals surface area (Å²) >= 11 is 0. The van der Waals surface area contributed by atoms with Crippen molar-refractivity contribution in [1.82, 2.24) is 4.98 Å². The van der Waals surface area contributed by atoms with Crippen LogP contribution in [0.2, 0.25) is 0 Å². The van der Waals surface area contributed by atoms with Gasteiger partial charge in [0.25, 0.3) is 0 Å². The molecule has 1 aromatic heterocycles. The molecule has 0 aliphatic heterocycles. The molecule has 0 bridgehead atoms. The number of anilines is 1. The van der Waals surface area contributed by atoms with E-state index in [-0.39, 0.29) is 5.41 Å². The van der Waals surface area contributed by atoms with E-state index in [1.54, 1.807) is 19.3 Å². The number of hydrogen-bond acceptors (Lipinski definition) is 3. The Morgan fingerprint density at radius 1 is 1.21 bits per heavy atom. The molecule has 4 rings (SSSR count). The molecular formula is C24H27FN2O. The standard InChI is InChI=1S/C24H27FN2O/c1-23(13-6-9-17-7-3-4-10-20(17)23)16-24(2,28)22(25)27-21-11-5-8-18-15-26-14-12-19(18)21/h3-5,7-8,10-12,14-15,22,27-28H,6,9,13,16H2,1-2H3. The minimum absolute atomic E-state index is 0.243. The van der Waals surface area contributed by atoms with Gasteiger partial charge in [-0.2, -0.15) is 0 Å². The number of rotatable bonds is 5. The van der Waals surface area contributed by atoms with Gasteiger partial charge in [-0.05, 0) is 61.3 Å². The number of alkyl halides is 1. The lowest BCUT2D eigenvalue weighted by atomic mass is 9.66. The van der Waals surface area contributed by atoms with Gasteiger partial charge in [0, 0.05) is 28.9 Å². The number of pyridine rings is 1. The second-order valence-corrected chi connectivity index (χ2v) is 8.51. The molecule has 146 valence electrons. The van der Waals surface area contributed by atoms with Gasteiger partial charge in [0.2, 0.25) is 0 Å². The Hall–Kier alpha value is -2.46. The maximum atomic E-state index is 15.3. The highest BCUT2D eigenvalue weighted by atomic mass is 19.1. The zero-order valence-electron chi connectivity index (χ0n) is 16.5. The third-order valence-corrected chi connectivity index (χ3v) is 6.10.